The number of Topliss-reactive ketones (excluding diaryl/α,β-unsaturated/α-hetero) is 1. The number of carbonyl (C=O) groups excluding carboxylic acids is 2. The monoisotopic (exact) mass is 521 g/mol. The fourth-order valence-corrected chi connectivity index (χ4v) is 5.58. The molecule has 1 amide bonds. The van der Waals surface area contributed by atoms with Crippen molar-refractivity contribution in [3.8, 4) is 0 Å². The number of carbonyl (C=O) groups is 2. The van der Waals surface area contributed by atoms with Crippen LogP contribution in [-0.4, -0.2) is 37.0 Å². The Balaban J connectivity index is 1.51. The highest BCUT2D eigenvalue weighted by Crippen LogP contribution is 2.43. The molecule has 1 atom stereocenters. The summed E-state index contributed by atoms with van der Waals surface area (Å²) in [5.74, 6) is -1.25. The van der Waals surface area contributed by atoms with Gasteiger partial charge in [-0.2, -0.15) is 0 Å². The Hall–Kier alpha value is -3.60. The average molecular weight is 522 g/mol. The molecule has 1 aromatic carbocycles. The molecule has 0 spiro atoms. The van der Waals surface area contributed by atoms with Gasteiger partial charge in [0.15, 0.2) is 4.34 Å². The fourth-order valence-electron chi connectivity index (χ4n) is 3.63. The summed E-state index contributed by atoms with van der Waals surface area (Å²) >= 11 is 8.61. The SMILES string of the molecule is O=C1C(=O)N(c2nnc(SCc3ccc(Cl)cc3)s2)C(c2cccnc2)/C1=C(\O)c1ccncc1. The van der Waals surface area contributed by atoms with Gasteiger partial charge < -0.3 is 5.11 Å². The number of thioether (sulfide) groups is 1. The van der Waals surface area contributed by atoms with Crippen LogP contribution in [0.2, 0.25) is 5.02 Å². The van der Waals surface area contributed by atoms with E-state index in [9.17, 15) is 14.7 Å². The van der Waals surface area contributed by atoms with Crippen LogP contribution in [0.15, 0.2) is 83.2 Å². The van der Waals surface area contributed by atoms with Crippen LogP contribution >= 0.6 is 34.7 Å². The van der Waals surface area contributed by atoms with Crippen LogP contribution < -0.4 is 4.90 Å². The van der Waals surface area contributed by atoms with Crippen LogP contribution in [0.4, 0.5) is 5.13 Å². The van der Waals surface area contributed by atoms with Gasteiger partial charge in [-0.15, -0.1) is 10.2 Å². The summed E-state index contributed by atoms with van der Waals surface area (Å²) in [6.07, 6.45) is 6.15. The van der Waals surface area contributed by atoms with Crippen molar-refractivity contribution in [1.82, 2.24) is 20.2 Å². The molecule has 174 valence electrons. The molecule has 4 heterocycles. The number of hydrogen-bond acceptors (Lipinski definition) is 9. The first-order valence-corrected chi connectivity index (χ1v) is 12.5. The molecular formula is C24H16ClN5O3S2. The van der Waals surface area contributed by atoms with Crippen molar-refractivity contribution in [2.45, 2.75) is 16.1 Å². The Labute approximate surface area is 213 Å². The standard InChI is InChI=1S/C24H16ClN5O3S2/c25-17-5-3-14(4-6-17)13-34-24-29-28-23(35-24)30-19(16-2-1-9-27-12-16)18(21(32)22(30)33)20(31)15-7-10-26-11-8-15/h1-12,19,31H,13H2/b20-18+. The van der Waals surface area contributed by atoms with Crippen LogP contribution in [0.25, 0.3) is 5.76 Å². The lowest BCUT2D eigenvalue weighted by molar-refractivity contribution is -0.132. The van der Waals surface area contributed by atoms with E-state index >= 15 is 0 Å². The number of amides is 1. The van der Waals surface area contributed by atoms with E-state index in [1.807, 2.05) is 24.3 Å². The number of rotatable bonds is 6. The number of hydrogen-bond donors (Lipinski definition) is 1. The Kier molecular flexibility index (Phi) is 6.58. The number of halogens is 1. The molecule has 0 radical (unpaired) electrons. The first kappa shape index (κ1) is 23.2. The summed E-state index contributed by atoms with van der Waals surface area (Å²) in [5.41, 5.74) is 1.96. The Morgan fingerprint density at radius 3 is 2.51 bits per heavy atom. The van der Waals surface area contributed by atoms with Gasteiger partial charge in [-0.05, 0) is 41.5 Å². The number of ketones is 1. The summed E-state index contributed by atoms with van der Waals surface area (Å²) < 4.78 is 0.635. The summed E-state index contributed by atoms with van der Waals surface area (Å²) in [4.78, 5) is 35.7. The second-order valence-electron chi connectivity index (χ2n) is 7.46. The molecule has 1 fully saturated rings. The maximum Gasteiger partial charge on any atom is 0.301 e. The summed E-state index contributed by atoms with van der Waals surface area (Å²) in [6, 6.07) is 13.2. The van der Waals surface area contributed by atoms with Crippen molar-refractivity contribution in [2.24, 2.45) is 0 Å². The third-order valence-corrected chi connectivity index (χ3v) is 7.65. The Bertz CT molecular complexity index is 1410. The van der Waals surface area contributed by atoms with E-state index < -0.39 is 17.7 Å². The second kappa shape index (κ2) is 9.95. The molecule has 3 aromatic heterocycles. The molecule has 0 saturated carbocycles. The molecular weight excluding hydrogens is 506 g/mol. The largest absolute Gasteiger partial charge is 0.507 e. The van der Waals surface area contributed by atoms with Crippen molar-refractivity contribution < 1.29 is 14.7 Å². The van der Waals surface area contributed by atoms with Crippen molar-refractivity contribution in [2.75, 3.05) is 4.90 Å². The molecule has 11 heteroatoms. The van der Waals surface area contributed by atoms with Gasteiger partial charge in [-0.3, -0.25) is 24.5 Å². The maximum absolute atomic E-state index is 13.2. The molecule has 0 bridgehead atoms. The van der Waals surface area contributed by atoms with E-state index in [4.69, 9.17) is 11.6 Å². The topological polar surface area (TPSA) is 109 Å². The number of nitrogens with zero attached hydrogens (tertiary/aromatic N) is 5. The quantitative estimate of drug-likeness (QED) is 0.125. The van der Waals surface area contributed by atoms with E-state index in [1.165, 1.54) is 40.4 Å². The van der Waals surface area contributed by atoms with Gasteiger partial charge >= 0.3 is 5.91 Å². The number of benzene rings is 1. The minimum absolute atomic E-state index is 0.0419. The summed E-state index contributed by atoms with van der Waals surface area (Å²) in [5, 5.41) is 20.3. The molecule has 5 rings (SSSR count). The highest BCUT2D eigenvalue weighted by molar-refractivity contribution is 8.00. The highest BCUT2D eigenvalue weighted by Gasteiger charge is 2.48. The Morgan fingerprint density at radius 1 is 1.03 bits per heavy atom. The third kappa shape index (κ3) is 4.68. The number of aliphatic hydroxyl groups excluding tert-OH is 1. The van der Waals surface area contributed by atoms with E-state index in [0.717, 1.165) is 5.56 Å². The molecule has 1 N–H and O–H groups in total. The third-order valence-electron chi connectivity index (χ3n) is 5.28. The zero-order chi connectivity index (χ0) is 24.4. The van der Waals surface area contributed by atoms with Crippen molar-refractivity contribution >= 4 is 57.3 Å². The van der Waals surface area contributed by atoms with Gasteiger partial charge in [-0.1, -0.05) is 52.9 Å². The lowest BCUT2D eigenvalue weighted by Gasteiger charge is -2.22. The predicted octanol–water partition coefficient (Wildman–Crippen LogP) is 4.90. The molecule has 8 nitrogen and oxygen atoms in total. The zero-order valence-corrected chi connectivity index (χ0v) is 20.3. The number of pyridine rings is 2. The maximum atomic E-state index is 13.2. The zero-order valence-electron chi connectivity index (χ0n) is 17.9. The van der Waals surface area contributed by atoms with Gasteiger partial charge in [0.05, 0.1) is 11.6 Å². The van der Waals surface area contributed by atoms with Crippen molar-refractivity contribution in [1.29, 1.82) is 0 Å². The van der Waals surface area contributed by atoms with Crippen LogP contribution in [-0.2, 0) is 15.3 Å². The van der Waals surface area contributed by atoms with Gasteiger partial charge in [0.2, 0.25) is 5.13 Å². The predicted molar refractivity (Wildman–Crippen MR) is 134 cm³/mol. The Morgan fingerprint density at radius 2 is 1.80 bits per heavy atom. The summed E-state index contributed by atoms with van der Waals surface area (Å²) in [6.45, 7) is 0. The number of aromatic nitrogens is 4. The molecule has 1 unspecified atom stereocenters. The van der Waals surface area contributed by atoms with Gasteiger partial charge in [0, 0.05) is 41.1 Å². The smallest absolute Gasteiger partial charge is 0.301 e. The molecule has 35 heavy (non-hydrogen) atoms. The summed E-state index contributed by atoms with van der Waals surface area (Å²) in [7, 11) is 0. The van der Waals surface area contributed by atoms with E-state index in [0.29, 0.717) is 26.2 Å². The second-order valence-corrected chi connectivity index (χ2v) is 10.1. The van der Waals surface area contributed by atoms with Crippen molar-refractivity contribution in [3.63, 3.8) is 0 Å². The first-order chi connectivity index (χ1) is 17.0. The minimum Gasteiger partial charge on any atom is -0.507 e. The van der Waals surface area contributed by atoms with Gasteiger partial charge in [0.1, 0.15) is 5.76 Å². The molecule has 1 aliphatic rings. The van der Waals surface area contributed by atoms with Crippen LogP contribution in [0, 0.1) is 0 Å². The first-order valence-electron chi connectivity index (χ1n) is 10.3. The molecule has 1 saturated heterocycles. The number of aliphatic hydroxyl groups is 1. The molecule has 4 aromatic rings. The van der Waals surface area contributed by atoms with E-state index in [1.54, 1.807) is 36.7 Å². The average Bonchev–Trinajstić information content (AvgIpc) is 3.46. The van der Waals surface area contributed by atoms with Crippen LogP contribution in [0.3, 0.4) is 0 Å². The lowest BCUT2D eigenvalue weighted by Crippen LogP contribution is -2.29. The number of anilines is 1. The molecule has 0 aliphatic carbocycles. The van der Waals surface area contributed by atoms with E-state index in [-0.39, 0.29) is 16.5 Å². The fraction of sp³-hybridized carbons (Fsp3) is 0.0833. The van der Waals surface area contributed by atoms with Crippen LogP contribution in [0.5, 0.6) is 0 Å². The molecule has 1 aliphatic heterocycles. The van der Waals surface area contributed by atoms with E-state index in [2.05, 4.69) is 20.2 Å². The van der Waals surface area contributed by atoms with Gasteiger partial charge in [-0.25, -0.2) is 0 Å². The normalized spacial score (nSPS) is 17.2. The lowest BCUT2D eigenvalue weighted by atomic mass is 9.97. The van der Waals surface area contributed by atoms with Gasteiger partial charge in [0.25, 0.3) is 5.78 Å². The minimum atomic E-state index is -0.904. The van der Waals surface area contributed by atoms with Crippen molar-refractivity contribution in [3.05, 3.63) is 101 Å². The highest BCUT2D eigenvalue weighted by atomic mass is 35.5. The van der Waals surface area contributed by atoms with Crippen LogP contribution in [0.1, 0.15) is 22.7 Å².